The van der Waals surface area contributed by atoms with Crippen LogP contribution in [0.1, 0.15) is 39.0 Å². The van der Waals surface area contributed by atoms with Gasteiger partial charge in [-0.25, -0.2) is 0 Å². The topological polar surface area (TPSA) is 58.6 Å². The number of carbonyl (C=O) groups is 2. The van der Waals surface area contributed by atoms with Crippen LogP contribution in [-0.4, -0.2) is 48.6 Å². The Morgan fingerprint density at radius 1 is 1.44 bits per heavy atom. The van der Waals surface area contributed by atoms with E-state index < -0.39 is 0 Å². The maximum absolute atomic E-state index is 12.0. The number of carbonyl (C=O) groups excluding carboxylic acids is 2. The summed E-state index contributed by atoms with van der Waals surface area (Å²) in [6.07, 6.45) is 5.06. The molecule has 2 aliphatic heterocycles. The van der Waals surface area contributed by atoms with Crippen LogP contribution in [0.5, 0.6) is 0 Å². The minimum Gasteiger partial charge on any atom is -0.378 e. The Hall–Kier alpha value is -1.10. The second-order valence-corrected chi connectivity index (χ2v) is 5.14. The summed E-state index contributed by atoms with van der Waals surface area (Å²) in [5.74, 6) is 0.00525. The summed E-state index contributed by atoms with van der Waals surface area (Å²) in [5, 5.41) is 2.70. The zero-order valence-corrected chi connectivity index (χ0v) is 11.0. The molecule has 1 N–H and O–H groups in total. The van der Waals surface area contributed by atoms with E-state index in [0.717, 1.165) is 38.8 Å². The Morgan fingerprint density at radius 2 is 2.28 bits per heavy atom. The zero-order valence-electron chi connectivity index (χ0n) is 11.0. The molecule has 5 heteroatoms. The molecule has 2 rings (SSSR count). The number of hydrogen-bond acceptors (Lipinski definition) is 3. The minimum atomic E-state index is -0.386. The van der Waals surface area contributed by atoms with Crippen LogP contribution in [0.25, 0.3) is 0 Å². The SMILES string of the molecule is CC1NC(=O)CCN(CCCC2CCCO2)C1=O. The molecule has 5 nitrogen and oxygen atoms in total. The van der Waals surface area contributed by atoms with Crippen molar-refractivity contribution in [2.24, 2.45) is 0 Å². The van der Waals surface area contributed by atoms with Crippen LogP contribution in [0.4, 0.5) is 0 Å². The summed E-state index contributed by atoms with van der Waals surface area (Å²) in [4.78, 5) is 25.2. The van der Waals surface area contributed by atoms with E-state index in [1.807, 2.05) is 0 Å². The number of hydrogen-bond donors (Lipinski definition) is 1. The summed E-state index contributed by atoms with van der Waals surface area (Å²) >= 11 is 0. The van der Waals surface area contributed by atoms with Gasteiger partial charge in [-0.15, -0.1) is 0 Å². The predicted octanol–water partition coefficient (Wildman–Crippen LogP) is 0.683. The molecule has 0 aromatic carbocycles. The van der Waals surface area contributed by atoms with Gasteiger partial charge in [-0.05, 0) is 32.6 Å². The van der Waals surface area contributed by atoms with Crippen molar-refractivity contribution in [3.63, 3.8) is 0 Å². The summed E-state index contributed by atoms with van der Waals surface area (Å²) in [5.41, 5.74) is 0. The maximum atomic E-state index is 12.0. The fourth-order valence-electron chi connectivity index (χ4n) is 2.60. The number of nitrogens with one attached hydrogen (secondary N) is 1. The van der Waals surface area contributed by atoms with E-state index in [4.69, 9.17) is 4.74 Å². The molecule has 2 fully saturated rings. The molecule has 2 atom stereocenters. The van der Waals surface area contributed by atoms with Gasteiger partial charge in [0.1, 0.15) is 6.04 Å². The van der Waals surface area contributed by atoms with Crippen LogP contribution in [-0.2, 0) is 14.3 Å². The van der Waals surface area contributed by atoms with E-state index in [2.05, 4.69) is 5.32 Å². The molecule has 2 unspecified atom stereocenters. The third kappa shape index (κ3) is 3.45. The highest BCUT2D eigenvalue weighted by atomic mass is 16.5. The van der Waals surface area contributed by atoms with Crippen molar-refractivity contribution in [1.29, 1.82) is 0 Å². The summed E-state index contributed by atoms with van der Waals surface area (Å²) in [7, 11) is 0. The van der Waals surface area contributed by atoms with Crippen molar-refractivity contribution in [3.05, 3.63) is 0 Å². The molecule has 0 radical (unpaired) electrons. The monoisotopic (exact) mass is 254 g/mol. The lowest BCUT2D eigenvalue weighted by atomic mass is 10.1. The second kappa shape index (κ2) is 6.18. The van der Waals surface area contributed by atoms with E-state index in [-0.39, 0.29) is 17.9 Å². The van der Waals surface area contributed by atoms with E-state index in [9.17, 15) is 9.59 Å². The van der Waals surface area contributed by atoms with Gasteiger partial charge in [0.25, 0.3) is 0 Å². The molecule has 2 heterocycles. The Labute approximate surface area is 108 Å². The molecule has 2 aliphatic rings. The van der Waals surface area contributed by atoms with Gasteiger partial charge in [-0.3, -0.25) is 9.59 Å². The lowest BCUT2D eigenvalue weighted by Gasteiger charge is -2.22. The van der Waals surface area contributed by atoms with Gasteiger partial charge in [0.15, 0.2) is 0 Å². The molecule has 0 aromatic heterocycles. The molecular weight excluding hydrogens is 232 g/mol. The molecule has 18 heavy (non-hydrogen) atoms. The highest BCUT2D eigenvalue weighted by Crippen LogP contribution is 2.17. The average molecular weight is 254 g/mol. The van der Waals surface area contributed by atoms with Crippen LogP contribution in [0.2, 0.25) is 0 Å². The van der Waals surface area contributed by atoms with E-state index >= 15 is 0 Å². The fraction of sp³-hybridized carbons (Fsp3) is 0.846. The summed E-state index contributed by atoms with van der Waals surface area (Å²) in [6.45, 7) is 3.90. The molecule has 0 bridgehead atoms. The number of rotatable bonds is 4. The van der Waals surface area contributed by atoms with Gasteiger partial charge < -0.3 is 15.0 Å². The Kier molecular flexibility index (Phi) is 4.58. The minimum absolute atomic E-state index is 0.0301. The first kappa shape index (κ1) is 13.3. The van der Waals surface area contributed by atoms with Crippen molar-refractivity contribution in [2.75, 3.05) is 19.7 Å². The van der Waals surface area contributed by atoms with Crippen LogP contribution in [0, 0.1) is 0 Å². The van der Waals surface area contributed by atoms with Gasteiger partial charge in [0, 0.05) is 26.1 Å². The largest absolute Gasteiger partial charge is 0.378 e. The molecule has 102 valence electrons. The van der Waals surface area contributed by atoms with Gasteiger partial charge >= 0.3 is 0 Å². The van der Waals surface area contributed by atoms with Crippen LogP contribution < -0.4 is 5.32 Å². The number of amides is 2. The fourth-order valence-corrected chi connectivity index (χ4v) is 2.60. The van der Waals surface area contributed by atoms with Crippen molar-refractivity contribution in [1.82, 2.24) is 10.2 Å². The van der Waals surface area contributed by atoms with Crippen LogP contribution >= 0.6 is 0 Å². The second-order valence-electron chi connectivity index (χ2n) is 5.14. The van der Waals surface area contributed by atoms with Gasteiger partial charge in [0.2, 0.25) is 11.8 Å². The first-order chi connectivity index (χ1) is 8.66. The maximum Gasteiger partial charge on any atom is 0.244 e. The molecule has 2 amide bonds. The summed E-state index contributed by atoms with van der Waals surface area (Å²) in [6, 6.07) is -0.386. The van der Waals surface area contributed by atoms with E-state index in [0.29, 0.717) is 19.1 Å². The molecule has 0 saturated carbocycles. The summed E-state index contributed by atoms with van der Waals surface area (Å²) < 4.78 is 5.56. The van der Waals surface area contributed by atoms with Crippen molar-refractivity contribution in [2.45, 2.75) is 51.2 Å². The number of nitrogens with zero attached hydrogens (tertiary/aromatic N) is 1. The Balaban J connectivity index is 1.76. The molecular formula is C13H22N2O3. The highest BCUT2D eigenvalue weighted by molar-refractivity contribution is 5.89. The third-order valence-corrected chi connectivity index (χ3v) is 3.65. The van der Waals surface area contributed by atoms with Crippen LogP contribution in [0.15, 0.2) is 0 Å². The third-order valence-electron chi connectivity index (χ3n) is 3.65. The quantitative estimate of drug-likeness (QED) is 0.802. The molecule has 0 aromatic rings. The molecule has 0 spiro atoms. The van der Waals surface area contributed by atoms with Gasteiger partial charge in [-0.2, -0.15) is 0 Å². The van der Waals surface area contributed by atoms with Crippen LogP contribution in [0.3, 0.4) is 0 Å². The Morgan fingerprint density at radius 3 is 3.00 bits per heavy atom. The van der Waals surface area contributed by atoms with E-state index in [1.165, 1.54) is 0 Å². The van der Waals surface area contributed by atoms with E-state index in [1.54, 1.807) is 11.8 Å². The van der Waals surface area contributed by atoms with Crippen molar-refractivity contribution in [3.8, 4) is 0 Å². The molecule has 0 aliphatic carbocycles. The predicted molar refractivity (Wildman–Crippen MR) is 67.0 cm³/mol. The first-order valence-electron chi connectivity index (χ1n) is 6.86. The normalized spacial score (nSPS) is 29.3. The lowest BCUT2D eigenvalue weighted by molar-refractivity contribution is -0.133. The number of ether oxygens (including phenoxy) is 1. The van der Waals surface area contributed by atoms with Crippen molar-refractivity contribution >= 4 is 11.8 Å². The van der Waals surface area contributed by atoms with Gasteiger partial charge in [0.05, 0.1) is 6.10 Å². The first-order valence-corrected chi connectivity index (χ1v) is 6.86. The van der Waals surface area contributed by atoms with Crippen molar-refractivity contribution < 1.29 is 14.3 Å². The zero-order chi connectivity index (χ0) is 13.0. The highest BCUT2D eigenvalue weighted by Gasteiger charge is 2.26. The smallest absolute Gasteiger partial charge is 0.244 e. The molecule has 2 saturated heterocycles. The lowest BCUT2D eigenvalue weighted by Crippen LogP contribution is -2.43. The van der Waals surface area contributed by atoms with Gasteiger partial charge in [-0.1, -0.05) is 0 Å². The average Bonchev–Trinajstić information content (AvgIpc) is 2.81. The Bertz CT molecular complexity index is 313. The standard InChI is InChI=1S/C13H22N2O3/c1-10-13(17)15(8-6-12(16)14-10)7-2-4-11-5-3-9-18-11/h10-11H,2-9H2,1H3,(H,14,16).